The lowest BCUT2D eigenvalue weighted by Crippen LogP contribution is -2.11. The Balaban J connectivity index is 1.84. The van der Waals surface area contributed by atoms with Gasteiger partial charge in [0.15, 0.2) is 0 Å². The molecule has 3 heterocycles. The molecule has 24 heavy (non-hydrogen) atoms. The van der Waals surface area contributed by atoms with Gasteiger partial charge in [-0.25, -0.2) is 4.98 Å². The molecule has 0 saturated heterocycles. The minimum absolute atomic E-state index is 0.00781. The fraction of sp³-hybridized carbons (Fsp3) is 0.176. The van der Waals surface area contributed by atoms with E-state index >= 15 is 0 Å². The Morgan fingerprint density at radius 2 is 1.71 bits per heavy atom. The predicted octanol–water partition coefficient (Wildman–Crippen LogP) is 1.95. The van der Waals surface area contributed by atoms with Crippen molar-refractivity contribution < 1.29 is 5.11 Å². The van der Waals surface area contributed by atoms with E-state index in [9.17, 15) is 0 Å². The van der Waals surface area contributed by atoms with Crippen molar-refractivity contribution in [3.8, 4) is 11.4 Å². The van der Waals surface area contributed by atoms with Gasteiger partial charge in [-0.1, -0.05) is 12.1 Å². The number of aliphatic hydroxyl groups excluding tert-OH is 1. The molecule has 0 unspecified atom stereocenters. The average molecular weight is 322 g/mol. The van der Waals surface area contributed by atoms with Crippen LogP contribution in [0.1, 0.15) is 5.69 Å². The molecule has 3 aromatic rings. The van der Waals surface area contributed by atoms with Gasteiger partial charge in [0.2, 0.25) is 5.95 Å². The molecule has 0 aliphatic heterocycles. The maximum absolute atomic E-state index is 8.98. The number of aliphatic hydroxyl groups is 1. The van der Waals surface area contributed by atoms with Gasteiger partial charge >= 0.3 is 0 Å². The van der Waals surface area contributed by atoms with Gasteiger partial charge in [-0.05, 0) is 24.3 Å². The maximum Gasteiger partial charge on any atom is 0.225 e. The quantitative estimate of drug-likeness (QED) is 0.612. The highest BCUT2D eigenvalue weighted by atomic mass is 16.3. The number of nitrogens with one attached hydrogen (secondary N) is 2. The Hall–Kier alpha value is -3.06. The molecule has 7 heteroatoms. The molecular formula is C17H18N6O. The van der Waals surface area contributed by atoms with Crippen LogP contribution in [0.25, 0.3) is 11.4 Å². The third kappa shape index (κ3) is 4.23. The summed E-state index contributed by atoms with van der Waals surface area (Å²) >= 11 is 0. The molecule has 122 valence electrons. The second-order valence-corrected chi connectivity index (χ2v) is 5.00. The second-order valence-electron chi connectivity index (χ2n) is 5.00. The van der Waals surface area contributed by atoms with Crippen LogP contribution in [0.15, 0.2) is 54.9 Å². The molecule has 0 spiro atoms. The van der Waals surface area contributed by atoms with Gasteiger partial charge in [-0.15, -0.1) is 0 Å². The molecular weight excluding hydrogens is 304 g/mol. The van der Waals surface area contributed by atoms with Crippen molar-refractivity contribution >= 4 is 11.8 Å². The minimum atomic E-state index is 0.00781. The number of nitrogens with zero attached hydrogens (tertiary/aromatic N) is 4. The summed E-state index contributed by atoms with van der Waals surface area (Å²) in [5.74, 6) is 1.10. The van der Waals surface area contributed by atoms with Crippen molar-refractivity contribution in [1.82, 2.24) is 19.9 Å². The molecule has 0 aliphatic carbocycles. The monoisotopic (exact) mass is 322 g/mol. The normalized spacial score (nSPS) is 10.4. The van der Waals surface area contributed by atoms with Gasteiger partial charge in [-0.3, -0.25) is 9.97 Å². The highest BCUT2D eigenvalue weighted by molar-refractivity contribution is 5.60. The van der Waals surface area contributed by atoms with Crippen molar-refractivity contribution in [2.24, 2.45) is 0 Å². The fourth-order valence-electron chi connectivity index (χ4n) is 2.11. The van der Waals surface area contributed by atoms with Gasteiger partial charge in [-0.2, -0.15) is 4.98 Å². The van der Waals surface area contributed by atoms with E-state index in [1.54, 1.807) is 12.4 Å². The zero-order chi connectivity index (χ0) is 16.6. The fourth-order valence-corrected chi connectivity index (χ4v) is 2.11. The molecule has 0 saturated carbocycles. The van der Waals surface area contributed by atoms with Crippen LogP contribution in [0, 0.1) is 0 Å². The van der Waals surface area contributed by atoms with Gasteiger partial charge < -0.3 is 15.7 Å². The third-order valence-electron chi connectivity index (χ3n) is 3.23. The van der Waals surface area contributed by atoms with Crippen molar-refractivity contribution in [2.75, 3.05) is 23.8 Å². The zero-order valence-electron chi connectivity index (χ0n) is 13.1. The van der Waals surface area contributed by atoms with Crippen LogP contribution in [0.2, 0.25) is 0 Å². The standard InChI is InChI=1S/C17H18N6O/c24-10-9-20-17-22-15(14-6-2-4-8-19-14)11-16(23-17)21-12-13-5-1-3-7-18-13/h1-8,11,24H,9-10,12H2,(H2,20,21,22,23). The average Bonchev–Trinajstić information content (AvgIpc) is 2.66. The lowest BCUT2D eigenvalue weighted by atomic mass is 10.2. The van der Waals surface area contributed by atoms with Gasteiger partial charge in [0.1, 0.15) is 5.82 Å². The van der Waals surface area contributed by atoms with E-state index < -0.39 is 0 Å². The number of aromatic nitrogens is 4. The van der Waals surface area contributed by atoms with Gasteiger partial charge in [0, 0.05) is 25.0 Å². The van der Waals surface area contributed by atoms with Crippen molar-refractivity contribution in [2.45, 2.75) is 6.54 Å². The van der Waals surface area contributed by atoms with Crippen LogP contribution in [-0.2, 0) is 6.54 Å². The smallest absolute Gasteiger partial charge is 0.225 e. The third-order valence-corrected chi connectivity index (χ3v) is 3.23. The molecule has 0 radical (unpaired) electrons. The van der Waals surface area contributed by atoms with Crippen LogP contribution in [0.3, 0.4) is 0 Å². The summed E-state index contributed by atoms with van der Waals surface area (Å²) in [7, 11) is 0. The van der Waals surface area contributed by atoms with Crippen LogP contribution in [0.5, 0.6) is 0 Å². The van der Waals surface area contributed by atoms with Gasteiger partial charge in [0.05, 0.1) is 30.2 Å². The van der Waals surface area contributed by atoms with E-state index in [0.29, 0.717) is 30.5 Å². The summed E-state index contributed by atoms with van der Waals surface area (Å²) in [4.78, 5) is 17.5. The lowest BCUT2D eigenvalue weighted by molar-refractivity contribution is 0.311. The Kier molecular flexibility index (Phi) is 5.26. The zero-order valence-corrected chi connectivity index (χ0v) is 13.1. The highest BCUT2D eigenvalue weighted by Crippen LogP contribution is 2.19. The van der Waals surface area contributed by atoms with E-state index in [2.05, 4.69) is 30.6 Å². The van der Waals surface area contributed by atoms with Gasteiger partial charge in [0.25, 0.3) is 0 Å². The molecule has 3 rings (SSSR count). The number of hydrogen-bond acceptors (Lipinski definition) is 7. The number of rotatable bonds is 7. The molecule has 0 fully saturated rings. The first kappa shape index (κ1) is 15.8. The van der Waals surface area contributed by atoms with E-state index in [0.717, 1.165) is 11.4 Å². The predicted molar refractivity (Wildman–Crippen MR) is 92.4 cm³/mol. The summed E-state index contributed by atoms with van der Waals surface area (Å²) in [6.07, 6.45) is 3.48. The Morgan fingerprint density at radius 3 is 2.42 bits per heavy atom. The van der Waals surface area contributed by atoms with Crippen LogP contribution < -0.4 is 10.6 Å². The van der Waals surface area contributed by atoms with Crippen LogP contribution >= 0.6 is 0 Å². The first-order chi connectivity index (χ1) is 11.8. The molecule has 0 aromatic carbocycles. The van der Waals surface area contributed by atoms with E-state index in [1.165, 1.54) is 0 Å². The summed E-state index contributed by atoms with van der Waals surface area (Å²) < 4.78 is 0. The first-order valence-corrected chi connectivity index (χ1v) is 7.64. The molecule has 0 bridgehead atoms. The minimum Gasteiger partial charge on any atom is -0.395 e. The van der Waals surface area contributed by atoms with E-state index in [4.69, 9.17) is 5.11 Å². The summed E-state index contributed by atoms with van der Waals surface area (Å²) in [6.45, 7) is 0.943. The summed E-state index contributed by atoms with van der Waals surface area (Å²) in [6, 6.07) is 13.3. The Bertz CT molecular complexity index is 767. The van der Waals surface area contributed by atoms with E-state index in [1.807, 2.05) is 42.5 Å². The molecule has 7 nitrogen and oxygen atoms in total. The number of pyridine rings is 2. The molecule has 3 N–H and O–H groups in total. The van der Waals surface area contributed by atoms with Crippen LogP contribution in [-0.4, -0.2) is 38.2 Å². The largest absolute Gasteiger partial charge is 0.395 e. The Morgan fingerprint density at radius 1 is 0.875 bits per heavy atom. The number of anilines is 2. The topological polar surface area (TPSA) is 95.8 Å². The lowest BCUT2D eigenvalue weighted by Gasteiger charge is -2.10. The summed E-state index contributed by atoms with van der Waals surface area (Å²) in [5, 5.41) is 15.2. The van der Waals surface area contributed by atoms with Crippen molar-refractivity contribution in [3.05, 3.63) is 60.6 Å². The molecule has 0 aliphatic rings. The second kappa shape index (κ2) is 7.98. The number of hydrogen-bond donors (Lipinski definition) is 3. The first-order valence-electron chi connectivity index (χ1n) is 7.64. The maximum atomic E-state index is 8.98. The van der Waals surface area contributed by atoms with E-state index in [-0.39, 0.29) is 6.61 Å². The summed E-state index contributed by atoms with van der Waals surface area (Å²) in [5.41, 5.74) is 2.38. The SMILES string of the molecule is OCCNc1nc(NCc2ccccn2)cc(-c2ccccn2)n1. The molecule has 0 atom stereocenters. The molecule has 3 aromatic heterocycles. The van der Waals surface area contributed by atoms with Crippen LogP contribution in [0.4, 0.5) is 11.8 Å². The Labute approximate surface area is 139 Å². The highest BCUT2D eigenvalue weighted by Gasteiger charge is 2.07. The van der Waals surface area contributed by atoms with Crippen molar-refractivity contribution in [3.63, 3.8) is 0 Å². The molecule has 0 amide bonds. The van der Waals surface area contributed by atoms with Crippen molar-refractivity contribution in [1.29, 1.82) is 0 Å².